The highest BCUT2D eigenvalue weighted by Crippen LogP contribution is 2.37. The second-order valence-electron chi connectivity index (χ2n) is 3.90. The van der Waals surface area contributed by atoms with Crippen molar-refractivity contribution < 1.29 is 0 Å². The van der Waals surface area contributed by atoms with Crippen molar-refractivity contribution in [2.45, 2.75) is 52.4 Å². The summed E-state index contributed by atoms with van der Waals surface area (Å²) >= 11 is 5.39. The monoisotopic (exact) mass is 170 g/mol. The minimum atomic E-state index is 0.419. The molecule has 1 heteroatoms. The molecule has 1 saturated carbocycles. The summed E-state index contributed by atoms with van der Waals surface area (Å²) in [6.45, 7) is 4.53. The van der Waals surface area contributed by atoms with Crippen molar-refractivity contribution in [1.29, 1.82) is 0 Å². The summed E-state index contributed by atoms with van der Waals surface area (Å²) in [7, 11) is 0. The number of thiocarbonyl (C=S) groups is 1. The van der Waals surface area contributed by atoms with Crippen LogP contribution in [-0.4, -0.2) is 4.86 Å². The first-order valence-corrected chi connectivity index (χ1v) is 5.13. The standard InChI is InChI=1S/C10H18S/c1-3-9(11)10(2)7-5-4-6-8-10/h3-8H2,1-2H3. The predicted octanol–water partition coefficient (Wildman–Crippen LogP) is 3.74. The van der Waals surface area contributed by atoms with Gasteiger partial charge >= 0.3 is 0 Å². The maximum Gasteiger partial charge on any atom is -0.00118 e. The van der Waals surface area contributed by atoms with E-state index in [1.165, 1.54) is 37.0 Å². The normalized spacial score (nSPS) is 23.1. The Labute approximate surface area is 75.4 Å². The van der Waals surface area contributed by atoms with Crippen LogP contribution in [0, 0.1) is 5.41 Å². The Bertz CT molecular complexity index is 143. The zero-order valence-electron chi connectivity index (χ0n) is 7.65. The van der Waals surface area contributed by atoms with Gasteiger partial charge in [-0.15, -0.1) is 0 Å². The molecule has 0 radical (unpaired) electrons. The van der Waals surface area contributed by atoms with Gasteiger partial charge in [0.1, 0.15) is 0 Å². The zero-order valence-corrected chi connectivity index (χ0v) is 8.47. The summed E-state index contributed by atoms with van der Waals surface area (Å²) in [4.78, 5) is 1.30. The van der Waals surface area contributed by atoms with Crippen LogP contribution in [0.3, 0.4) is 0 Å². The lowest BCUT2D eigenvalue weighted by Crippen LogP contribution is -2.28. The van der Waals surface area contributed by atoms with E-state index in [2.05, 4.69) is 13.8 Å². The lowest BCUT2D eigenvalue weighted by molar-refractivity contribution is 0.313. The Hall–Kier alpha value is 0.0900. The Kier molecular flexibility index (Phi) is 3.06. The molecule has 0 atom stereocenters. The van der Waals surface area contributed by atoms with Gasteiger partial charge in [0.15, 0.2) is 0 Å². The fraction of sp³-hybridized carbons (Fsp3) is 0.900. The molecule has 0 aromatic rings. The Morgan fingerprint density at radius 3 is 2.27 bits per heavy atom. The maximum absolute atomic E-state index is 5.39. The largest absolute Gasteiger partial charge is 0.0891 e. The fourth-order valence-electron chi connectivity index (χ4n) is 2.04. The molecule has 11 heavy (non-hydrogen) atoms. The highest BCUT2D eigenvalue weighted by molar-refractivity contribution is 7.80. The highest BCUT2D eigenvalue weighted by atomic mass is 32.1. The number of hydrogen-bond donors (Lipinski definition) is 0. The smallest absolute Gasteiger partial charge is 0.00118 e. The minimum Gasteiger partial charge on any atom is -0.0891 e. The van der Waals surface area contributed by atoms with Crippen LogP contribution in [0.15, 0.2) is 0 Å². The molecule has 0 N–H and O–H groups in total. The SMILES string of the molecule is CCC(=S)C1(C)CCCCC1. The van der Waals surface area contributed by atoms with Gasteiger partial charge in [-0.25, -0.2) is 0 Å². The molecule has 0 saturated heterocycles. The van der Waals surface area contributed by atoms with Crippen LogP contribution in [0.4, 0.5) is 0 Å². The third kappa shape index (κ3) is 2.02. The van der Waals surface area contributed by atoms with E-state index in [0.29, 0.717) is 5.41 Å². The van der Waals surface area contributed by atoms with Crippen molar-refractivity contribution in [3.8, 4) is 0 Å². The molecule has 0 bridgehead atoms. The molecular formula is C10H18S. The molecule has 1 fully saturated rings. The van der Waals surface area contributed by atoms with Crippen molar-refractivity contribution in [1.82, 2.24) is 0 Å². The summed E-state index contributed by atoms with van der Waals surface area (Å²) in [5, 5.41) is 0. The number of hydrogen-bond acceptors (Lipinski definition) is 1. The molecule has 1 aliphatic rings. The van der Waals surface area contributed by atoms with Gasteiger partial charge in [0, 0.05) is 0 Å². The molecule has 1 rings (SSSR count). The summed E-state index contributed by atoms with van der Waals surface area (Å²) in [5.74, 6) is 0. The third-order valence-electron chi connectivity index (χ3n) is 2.95. The molecule has 1 aliphatic carbocycles. The molecule has 0 aromatic heterocycles. The fourth-order valence-corrected chi connectivity index (χ4v) is 2.24. The van der Waals surface area contributed by atoms with Gasteiger partial charge in [-0.05, 0) is 29.5 Å². The molecule has 0 amide bonds. The predicted molar refractivity (Wildman–Crippen MR) is 54.1 cm³/mol. The second kappa shape index (κ2) is 3.66. The van der Waals surface area contributed by atoms with Gasteiger partial charge in [-0.2, -0.15) is 0 Å². The van der Waals surface area contributed by atoms with E-state index in [0.717, 1.165) is 6.42 Å². The number of rotatable bonds is 2. The summed E-state index contributed by atoms with van der Waals surface area (Å²) in [6.07, 6.45) is 7.94. The van der Waals surface area contributed by atoms with Gasteiger partial charge in [0.05, 0.1) is 0 Å². The van der Waals surface area contributed by atoms with Crippen LogP contribution in [0.1, 0.15) is 52.4 Å². The second-order valence-corrected chi connectivity index (χ2v) is 4.39. The van der Waals surface area contributed by atoms with E-state index in [4.69, 9.17) is 12.2 Å². The molecule has 0 nitrogen and oxygen atoms in total. The van der Waals surface area contributed by atoms with Gasteiger partial charge < -0.3 is 0 Å². The third-order valence-corrected chi connectivity index (χ3v) is 3.73. The first-order valence-electron chi connectivity index (χ1n) is 4.72. The first-order chi connectivity index (χ1) is 5.19. The lowest BCUT2D eigenvalue weighted by Gasteiger charge is -2.34. The molecule has 0 aromatic carbocycles. The molecule has 0 heterocycles. The molecule has 0 unspecified atom stereocenters. The van der Waals surface area contributed by atoms with Crippen molar-refractivity contribution in [3.63, 3.8) is 0 Å². The van der Waals surface area contributed by atoms with Crippen molar-refractivity contribution in [3.05, 3.63) is 0 Å². The van der Waals surface area contributed by atoms with E-state index in [9.17, 15) is 0 Å². The van der Waals surface area contributed by atoms with Crippen molar-refractivity contribution in [2.24, 2.45) is 5.41 Å². The molecule has 64 valence electrons. The topological polar surface area (TPSA) is 0 Å². The van der Waals surface area contributed by atoms with Gasteiger partial charge in [-0.1, -0.05) is 45.3 Å². The van der Waals surface area contributed by atoms with E-state index >= 15 is 0 Å². The van der Waals surface area contributed by atoms with Crippen molar-refractivity contribution in [2.75, 3.05) is 0 Å². The first kappa shape index (κ1) is 9.18. The van der Waals surface area contributed by atoms with E-state index < -0.39 is 0 Å². The van der Waals surface area contributed by atoms with Crippen LogP contribution in [0.25, 0.3) is 0 Å². The summed E-state index contributed by atoms with van der Waals surface area (Å²) < 4.78 is 0. The summed E-state index contributed by atoms with van der Waals surface area (Å²) in [5.41, 5.74) is 0.419. The maximum atomic E-state index is 5.39. The van der Waals surface area contributed by atoms with E-state index in [1.54, 1.807) is 0 Å². The Morgan fingerprint density at radius 1 is 1.27 bits per heavy atom. The molecule has 0 aliphatic heterocycles. The molecular weight excluding hydrogens is 152 g/mol. The van der Waals surface area contributed by atoms with Crippen LogP contribution < -0.4 is 0 Å². The average molecular weight is 170 g/mol. The quantitative estimate of drug-likeness (QED) is 0.569. The van der Waals surface area contributed by atoms with E-state index in [-0.39, 0.29) is 0 Å². The van der Waals surface area contributed by atoms with Gasteiger partial charge in [0.2, 0.25) is 0 Å². The van der Waals surface area contributed by atoms with E-state index in [1.807, 2.05) is 0 Å². The van der Waals surface area contributed by atoms with Crippen LogP contribution in [-0.2, 0) is 0 Å². The van der Waals surface area contributed by atoms with Gasteiger partial charge in [0.25, 0.3) is 0 Å². The zero-order chi connectivity index (χ0) is 8.32. The minimum absolute atomic E-state index is 0.419. The highest BCUT2D eigenvalue weighted by Gasteiger charge is 2.29. The average Bonchev–Trinajstić information content (AvgIpc) is 2.04. The molecule has 0 spiro atoms. The Morgan fingerprint density at radius 2 is 1.82 bits per heavy atom. The van der Waals surface area contributed by atoms with Crippen molar-refractivity contribution >= 4 is 17.1 Å². The Balaban J connectivity index is 2.56. The van der Waals surface area contributed by atoms with Crippen LogP contribution >= 0.6 is 12.2 Å². The van der Waals surface area contributed by atoms with Gasteiger partial charge in [-0.3, -0.25) is 0 Å². The summed E-state index contributed by atoms with van der Waals surface area (Å²) in [6, 6.07) is 0. The van der Waals surface area contributed by atoms with Crippen LogP contribution in [0.5, 0.6) is 0 Å². The van der Waals surface area contributed by atoms with Crippen LogP contribution in [0.2, 0.25) is 0 Å². The lowest BCUT2D eigenvalue weighted by atomic mass is 9.73.